The number of aliphatic hydroxyl groups is 1. The second-order valence-corrected chi connectivity index (χ2v) is 2.02. The lowest BCUT2D eigenvalue weighted by Gasteiger charge is -1.98. The highest BCUT2D eigenvalue weighted by Crippen LogP contribution is 2.14. The van der Waals surface area contributed by atoms with Gasteiger partial charge in [0.05, 0.1) is 0 Å². The highest BCUT2D eigenvalue weighted by atomic mass is 16.6. The fourth-order valence-electron chi connectivity index (χ4n) is 0.717. The van der Waals surface area contributed by atoms with Crippen LogP contribution in [0.5, 0.6) is 0 Å². The number of esters is 1. The number of hydrogen-bond acceptors (Lipinski definition) is 4. The fraction of sp³-hybridized carbons (Fsp3) is 0.600. The van der Waals surface area contributed by atoms with Crippen molar-refractivity contribution in [3.63, 3.8) is 0 Å². The summed E-state index contributed by atoms with van der Waals surface area (Å²) in [5, 5.41) is 16.9. The molecule has 0 bridgehead atoms. The lowest BCUT2D eigenvalue weighted by molar-refractivity contribution is -0.158. The van der Waals surface area contributed by atoms with E-state index < -0.39 is 24.1 Å². The monoisotopic (exact) mass is 146 g/mol. The molecule has 0 radical (unpaired) electrons. The second kappa shape index (κ2) is 2.26. The SMILES string of the molecule is O=C(O)[C@@H]1C[C@H](O)C(=O)O1. The van der Waals surface area contributed by atoms with Crippen molar-refractivity contribution < 1.29 is 24.5 Å². The first kappa shape index (κ1) is 7.01. The van der Waals surface area contributed by atoms with E-state index in [1.807, 2.05) is 0 Å². The highest BCUT2D eigenvalue weighted by Gasteiger charge is 2.37. The van der Waals surface area contributed by atoms with Crippen molar-refractivity contribution in [2.45, 2.75) is 18.6 Å². The average Bonchev–Trinajstić information content (AvgIpc) is 2.13. The van der Waals surface area contributed by atoms with Gasteiger partial charge in [-0.3, -0.25) is 0 Å². The maximum Gasteiger partial charge on any atom is 0.345 e. The van der Waals surface area contributed by atoms with Gasteiger partial charge in [0, 0.05) is 6.42 Å². The van der Waals surface area contributed by atoms with Gasteiger partial charge in [-0.2, -0.15) is 0 Å². The normalized spacial score (nSPS) is 31.9. The van der Waals surface area contributed by atoms with Crippen LogP contribution in [0, 0.1) is 0 Å². The Bertz CT molecular complexity index is 175. The van der Waals surface area contributed by atoms with E-state index in [-0.39, 0.29) is 6.42 Å². The minimum absolute atomic E-state index is 0.145. The Morgan fingerprint density at radius 2 is 2.30 bits per heavy atom. The molecule has 0 saturated carbocycles. The van der Waals surface area contributed by atoms with E-state index in [4.69, 9.17) is 10.2 Å². The van der Waals surface area contributed by atoms with E-state index in [1.54, 1.807) is 0 Å². The molecule has 2 atom stereocenters. The average molecular weight is 146 g/mol. The number of hydrogen-bond donors (Lipinski definition) is 2. The lowest BCUT2D eigenvalue weighted by Crippen LogP contribution is -2.18. The van der Waals surface area contributed by atoms with Gasteiger partial charge >= 0.3 is 11.9 Å². The van der Waals surface area contributed by atoms with Crippen LogP contribution in [-0.4, -0.2) is 34.4 Å². The van der Waals surface area contributed by atoms with Gasteiger partial charge in [-0.1, -0.05) is 0 Å². The van der Waals surface area contributed by atoms with Gasteiger partial charge in [0.25, 0.3) is 0 Å². The van der Waals surface area contributed by atoms with E-state index in [2.05, 4.69) is 4.74 Å². The molecule has 56 valence electrons. The number of carboxylic acid groups (broad SMARTS) is 1. The van der Waals surface area contributed by atoms with Gasteiger partial charge in [0.2, 0.25) is 6.10 Å². The molecule has 0 amide bonds. The van der Waals surface area contributed by atoms with Crippen LogP contribution >= 0.6 is 0 Å². The molecule has 2 N–H and O–H groups in total. The summed E-state index contributed by atoms with van der Waals surface area (Å²) in [7, 11) is 0. The van der Waals surface area contributed by atoms with Crippen molar-refractivity contribution in [3.05, 3.63) is 0 Å². The second-order valence-electron chi connectivity index (χ2n) is 2.02. The van der Waals surface area contributed by atoms with Crippen molar-refractivity contribution in [3.8, 4) is 0 Å². The number of carbonyl (C=O) groups excluding carboxylic acids is 1. The molecule has 1 saturated heterocycles. The molecule has 0 unspecified atom stereocenters. The van der Waals surface area contributed by atoms with Gasteiger partial charge < -0.3 is 14.9 Å². The standard InChI is InChI=1S/C5H6O5/c6-2-1-3(4(7)8)10-5(2)9/h2-3,6H,1H2,(H,7,8)/t2-,3-/m0/s1. The third kappa shape index (κ3) is 1.08. The summed E-state index contributed by atoms with van der Waals surface area (Å²) in [4.78, 5) is 20.5. The Labute approximate surface area is 56.2 Å². The molecule has 0 aromatic heterocycles. The number of rotatable bonds is 1. The van der Waals surface area contributed by atoms with Crippen molar-refractivity contribution in [1.82, 2.24) is 0 Å². The molecule has 5 nitrogen and oxygen atoms in total. The van der Waals surface area contributed by atoms with Crippen LogP contribution in [-0.2, 0) is 14.3 Å². The third-order valence-electron chi connectivity index (χ3n) is 1.24. The summed E-state index contributed by atoms with van der Waals surface area (Å²) in [6.07, 6.45) is -2.57. The van der Waals surface area contributed by atoms with Gasteiger partial charge in [0.15, 0.2) is 6.10 Å². The minimum atomic E-state index is -1.26. The Hall–Kier alpha value is -1.10. The van der Waals surface area contributed by atoms with Crippen LogP contribution < -0.4 is 0 Å². The third-order valence-corrected chi connectivity index (χ3v) is 1.24. The molecule has 1 rings (SSSR count). The molecular formula is C5H6O5. The zero-order valence-electron chi connectivity index (χ0n) is 4.98. The minimum Gasteiger partial charge on any atom is -0.479 e. The molecule has 0 spiro atoms. The van der Waals surface area contributed by atoms with E-state index in [0.29, 0.717) is 0 Å². The van der Waals surface area contributed by atoms with Crippen LogP contribution in [0.1, 0.15) is 6.42 Å². The van der Waals surface area contributed by atoms with E-state index >= 15 is 0 Å². The van der Waals surface area contributed by atoms with Gasteiger partial charge in [-0.25, -0.2) is 9.59 Å². The molecule has 0 aromatic carbocycles. The van der Waals surface area contributed by atoms with Crippen molar-refractivity contribution >= 4 is 11.9 Å². The van der Waals surface area contributed by atoms with E-state index in [9.17, 15) is 9.59 Å². The first-order valence-electron chi connectivity index (χ1n) is 2.72. The van der Waals surface area contributed by atoms with Crippen LogP contribution in [0.25, 0.3) is 0 Å². The molecule has 1 fully saturated rings. The number of aliphatic carboxylic acids is 1. The molecule has 1 aliphatic rings. The Balaban J connectivity index is 2.57. The Morgan fingerprint density at radius 3 is 2.50 bits per heavy atom. The van der Waals surface area contributed by atoms with Crippen LogP contribution in [0.4, 0.5) is 0 Å². The van der Waals surface area contributed by atoms with E-state index in [1.165, 1.54) is 0 Å². The molecule has 1 heterocycles. The predicted molar refractivity (Wildman–Crippen MR) is 28.1 cm³/mol. The quantitative estimate of drug-likeness (QED) is 0.451. The number of ether oxygens (including phenoxy) is 1. The fourth-order valence-corrected chi connectivity index (χ4v) is 0.717. The Morgan fingerprint density at radius 1 is 1.70 bits per heavy atom. The van der Waals surface area contributed by atoms with Crippen molar-refractivity contribution in [2.75, 3.05) is 0 Å². The summed E-state index contributed by atoms with van der Waals surface area (Å²) >= 11 is 0. The van der Waals surface area contributed by atoms with Crippen LogP contribution in [0.3, 0.4) is 0 Å². The smallest absolute Gasteiger partial charge is 0.345 e. The first-order valence-corrected chi connectivity index (χ1v) is 2.72. The number of aliphatic hydroxyl groups excluding tert-OH is 1. The maximum atomic E-state index is 10.4. The van der Waals surface area contributed by atoms with Crippen LogP contribution in [0.2, 0.25) is 0 Å². The largest absolute Gasteiger partial charge is 0.479 e. The topological polar surface area (TPSA) is 83.8 Å². The predicted octanol–water partition coefficient (Wildman–Crippen LogP) is -1.25. The maximum absolute atomic E-state index is 10.4. The van der Waals surface area contributed by atoms with Gasteiger partial charge in [0.1, 0.15) is 0 Å². The molecule has 1 aliphatic heterocycles. The number of carboxylic acids is 1. The molecular weight excluding hydrogens is 140 g/mol. The first-order chi connectivity index (χ1) is 4.61. The zero-order chi connectivity index (χ0) is 7.72. The molecule has 0 aromatic rings. The van der Waals surface area contributed by atoms with Gasteiger partial charge in [-0.15, -0.1) is 0 Å². The summed E-state index contributed by atoms with van der Waals surface area (Å²) in [5.41, 5.74) is 0. The number of cyclic esters (lactones) is 1. The number of carbonyl (C=O) groups is 2. The van der Waals surface area contributed by atoms with Crippen LogP contribution in [0.15, 0.2) is 0 Å². The lowest BCUT2D eigenvalue weighted by atomic mass is 10.2. The highest BCUT2D eigenvalue weighted by molar-refractivity contribution is 5.84. The molecule has 0 aliphatic carbocycles. The van der Waals surface area contributed by atoms with E-state index in [0.717, 1.165) is 0 Å². The Kier molecular flexibility index (Phi) is 1.58. The molecule has 10 heavy (non-hydrogen) atoms. The summed E-state index contributed by atoms with van der Waals surface area (Å²) in [6, 6.07) is 0. The summed E-state index contributed by atoms with van der Waals surface area (Å²) in [5.74, 6) is -2.07. The summed E-state index contributed by atoms with van der Waals surface area (Å²) in [6.45, 7) is 0. The summed E-state index contributed by atoms with van der Waals surface area (Å²) < 4.78 is 4.25. The molecule has 5 heteroatoms. The van der Waals surface area contributed by atoms with Crippen molar-refractivity contribution in [1.29, 1.82) is 0 Å². The van der Waals surface area contributed by atoms with Gasteiger partial charge in [-0.05, 0) is 0 Å². The zero-order valence-corrected chi connectivity index (χ0v) is 4.98. The van der Waals surface area contributed by atoms with Crippen molar-refractivity contribution in [2.24, 2.45) is 0 Å².